The average Bonchev–Trinajstić information content (AvgIpc) is 1.88. The van der Waals surface area contributed by atoms with E-state index in [0.29, 0.717) is 6.61 Å². The molecule has 0 spiro atoms. The van der Waals surface area contributed by atoms with Crippen molar-refractivity contribution in [2.45, 2.75) is 6.92 Å². The van der Waals surface area contributed by atoms with E-state index >= 15 is 0 Å². The van der Waals surface area contributed by atoms with Crippen molar-refractivity contribution < 1.29 is 9.53 Å². The Morgan fingerprint density at radius 3 is 2.90 bits per heavy atom. The highest BCUT2D eigenvalue weighted by atomic mass is 16.6. The van der Waals surface area contributed by atoms with Crippen LogP contribution in [0.15, 0.2) is 0 Å². The van der Waals surface area contributed by atoms with Crippen molar-refractivity contribution in [3.05, 3.63) is 0 Å². The highest BCUT2D eigenvalue weighted by molar-refractivity contribution is 5.66. The van der Waals surface area contributed by atoms with Crippen LogP contribution in [0.25, 0.3) is 0 Å². The Hall–Kier alpha value is -1.44. The number of nitrogens with zero attached hydrogens (tertiary/aromatic N) is 2. The number of ether oxygens (including phenoxy) is 1. The molecule has 0 atom stereocenters. The number of hydrazine groups is 1. The van der Waals surface area contributed by atoms with Gasteiger partial charge in [0.2, 0.25) is 0 Å². The first-order chi connectivity index (χ1) is 4.70. The zero-order valence-corrected chi connectivity index (χ0v) is 5.92. The van der Waals surface area contributed by atoms with Gasteiger partial charge in [-0.1, -0.05) is 0 Å². The van der Waals surface area contributed by atoms with Crippen molar-refractivity contribution in [1.29, 1.82) is 5.26 Å². The average molecular weight is 143 g/mol. The maximum atomic E-state index is 10.5. The number of carbonyl (C=O) groups excluding carboxylic acids is 1. The van der Waals surface area contributed by atoms with Crippen LogP contribution >= 0.6 is 0 Å². The Morgan fingerprint density at radius 2 is 2.50 bits per heavy atom. The lowest BCUT2D eigenvalue weighted by Gasteiger charge is -2.08. The molecule has 0 aliphatic heterocycles. The Labute approximate surface area is 59.1 Å². The van der Waals surface area contributed by atoms with Crippen molar-refractivity contribution in [2.75, 3.05) is 13.7 Å². The predicted octanol–water partition coefficient (Wildman–Crippen LogP) is 0.0604. The monoisotopic (exact) mass is 143 g/mol. The van der Waals surface area contributed by atoms with Crippen LogP contribution in [0, 0.1) is 11.5 Å². The first-order valence-electron chi connectivity index (χ1n) is 2.77. The van der Waals surface area contributed by atoms with Gasteiger partial charge in [-0.15, -0.1) is 0 Å². The lowest BCUT2D eigenvalue weighted by atomic mass is 10.9. The van der Waals surface area contributed by atoms with E-state index in [-0.39, 0.29) is 0 Å². The number of carbonyl (C=O) groups is 1. The van der Waals surface area contributed by atoms with Crippen LogP contribution in [0.2, 0.25) is 0 Å². The molecule has 0 aromatic heterocycles. The number of hydrogen-bond acceptors (Lipinski definition) is 4. The maximum absolute atomic E-state index is 10.5. The molecule has 0 fully saturated rings. The van der Waals surface area contributed by atoms with E-state index in [1.807, 2.05) is 0 Å². The van der Waals surface area contributed by atoms with E-state index in [1.165, 1.54) is 7.05 Å². The second-order valence-electron chi connectivity index (χ2n) is 1.49. The van der Waals surface area contributed by atoms with Crippen LogP contribution in [0.4, 0.5) is 4.79 Å². The van der Waals surface area contributed by atoms with Gasteiger partial charge in [0.05, 0.1) is 6.61 Å². The molecule has 0 saturated heterocycles. The fourth-order valence-corrected chi connectivity index (χ4v) is 0.325. The Kier molecular flexibility index (Phi) is 3.80. The molecule has 0 heterocycles. The van der Waals surface area contributed by atoms with E-state index < -0.39 is 6.09 Å². The van der Waals surface area contributed by atoms with Gasteiger partial charge in [0, 0.05) is 7.05 Å². The molecule has 0 rings (SSSR count). The van der Waals surface area contributed by atoms with Crippen molar-refractivity contribution in [3.8, 4) is 6.19 Å². The second kappa shape index (κ2) is 4.44. The van der Waals surface area contributed by atoms with E-state index in [9.17, 15) is 4.79 Å². The molecule has 56 valence electrons. The summed E-state index contributed by atoms with van der Waals surface area (Å²) in [6.45, 7) is 1.98. The Bertz CT molecular complexity index is 151. The number of nitriles is 1. The SMILES string of the molecule is CCOC(=O)NN(C)C#N. The van der Waals surface area contributed by atoms with E-state index in [1.54, 1.807) is 13.1 Å². The molecule has 0 aromatic rings. The molecular formula is C5H9N3O2. The Balaban J connectivity index is 3.49. The van der Waals surface area contributed by atoms with Crippen LogP contribution in [0.5, 0.6) is 0 Å². The third-order valence-electron chi connectivity index (χ3n) is 0.684. The van der Waals surface area contributed by atoms with Gasteiger partial charge >= 0.3 is 6.09 Å². The smallest absolute Gasteiger partial charge is 0.426 e. The molecule has 5 heteroatoms. The summed E-state index contributed by atoms with van der Waals surface area (Å²) in [5.41, 5.74) is 2.14. The Morgan fingerprint density at radius 1 is 1.90 bits per heavy atom. The highest BCUT2D eigenvalue weighted by Crippen LogP contribution is 1.76. The molecular weight excluding hydrogens is 134 g/mol. The summed E-state index contributed by atoms with van der Waals surface area (Å²) in [6.07, 6.45) is 1.06. The zero-order chi connectivity index (χ0) is 7.98. The minimum Gasteiger partial charge on any atom is -0.449 e. The largest absolute Gasteiger partial charge is 0.449 e. The minimum atomic E-state index is -0.619. The quantitative estimate of drug-likeness (QED) is 0.337. The molecule has 10 heavy (non-hydrogen) atoms. The van der Waals surface area contributed by atoms with E-state index in [4.69, 9.17) is 5.26 Å². The lowest BCUT2D eigenvalue weighted by molar-refractivity contribution is 0.133. The van der Waals surface area contributed by atoms with Crippen molar-refractivity contribution in [1.82, 2.24) is 10.4 Å². The second-order valence-corrected chi connectivity index (χ2v) is 1.49. The van der Waals surface area contributed by atoms with Gasteiger partial charge in [-0.05, 0) is 6.92 Å². The number of amides is 1. The summed E-state index contributed by atoms with van der Waals surface area (Å²) in [4.78, 5) is 10.5. The molecule has 1 N–H and O–H groups in total. The normalized spacial score (nSPS) is 7.70. The summed E-state index contributed by atoms with van der Waals surface area (Å²) in [5.74, 6) is 0. The van der Waals surface area contributed by atoms with Gasteiger partial charge in [-0.25, -0.2) is 15.2 Å². The van der Waals surface area contributed by atoms with Gasteiger partial charge in [0.15, 0.2) is 6.19 Å². The number of hydrogen-bond donors (Lipinski definition) is 1. The van der Waals surface area contributed by atoms with E-state index in [0.717, 1.165) is 5.01 Å². The van der Waals surface area contributed by atoms with Crippen LogP contribution in [-0.2, 0) is 4.74 Å². The third-order valence-corrected chi connectivity index (χ3v) is 0.684. The molecule has 1 amide bonds. The zero-order valence-electron chi connectivity index (χ0n) is 5.92. The maximum Gasteiger partial charge on any atom is 0.426 e. The molecule has 5 nitrogen and oxygen atoms in total. The third kappa shape index (κ3) is 3.55. The van der Waals surface area contributed by atoms with Crippen LogP contribution in [-0.4, -0.2) is 24.8 Å². The van der Waals surface area contributed by atoms with Gasteiger partial charge in [-0.2, -0.15) is 5.26 Å². The fourth-order valence-electron chi connectivity index (χ4n) is 0.325. The summed E-state index contributed by atoms with van der Waals surface area (Å²) < 4.78 is 4.47. The predicted molar refractivity (Wildman–Crippen MR) is 33.5 cm³/mol. The first-order valence-corrected chi connectivity index (χ1v) is 2.77. The molecule has 0 radical (unpaired) electrons. The summed E-state index contributed by atoms with van der Waals surface area (Å²) in [7, 11) is 1.41. The van der Waals surface area contributed by atoms with E-state index in [2.05, 4.69) is 10.2 Å². The number of rotatable bonds is 2. The van der Waals surface area contributed by atoms with Gasteiger partial charge in [0.1, 0.15) is 0 Å². The van der Waals surface area contributed by atoms with Crippen LogP contribution < -0.4 is 5.43 Å². The minimum absolute atomic E-state index is 0.297. The summed E-state index contributed by atoms with van der Waals surface area (Å²) >= 11 is 0. The number of nitrogens with one attached hydrogen (secondary N) is 1. The van der Waals surface area contributed by atoms with Crippen LogP contribution in [0.3, 0.4) is 0 Å². The summed E-state index contributed by atoms with van der Waals surface area (Å²) in [5, 5.41) is 9.11. The van der Waals surface area contributed by atoms with Gasteiger partial charge in [-0.3, -0.25) is 0 Å². The van der Waals surface area contributed by atoms with Gasteiger partial charge in [0.25, 0.3) is 0 Å². The van der Waals surface area contributed by atoms with Gasteiger partial charge < -0.3 is 4.74 Å². The standard InChI is InChI=1S/C5H9N3O2/c1-3-10-5(9)7-8(2)4-6/h3H2,1-2H3,(H,7,9). The van der Waals surface area contributed by atoms with Crippen molar-refractivity contribution in [2.24, 2.45) is 0 Å². The molecule has 0 aromatic carbocycles. The van der Waals surface area contributed by atoms with Crippen LogP contribution in [0.1, 0.15) is 6.92 Å². The highest BCUT2D eigenvalue weighted by Gasteiger charge is 2.00. The van der Waals surface area contributed by atoms with Crippen molar-refractivity contribution in [3.63, 3.8) is 0 Å². The molecule has 0 bridgehead atoms. The molecule has 0 saturated carbocycles. The molecule has 0 aliphatic rings. The lowest BCUT2D eigenvalue weighted by Crippen LogP contribution is -2.36. The summed E-state index contributed by atoms with van der Waals surface area (Å²) in [6, 6.07) is 0. The van der Waals surface area contributed by atoms with Crippen molar-refractivity contribution >= 4 is 6.09 Å². The fraction of sp³-hybridized carbons (Fsp3) is 0.600. The first kappa shape index (κ1) is 8.56. The molecule has 0 unspecified atom stereocenters. The topological polar surface area (TPSA) is 65.4 Å². The molecule has 0 aliphatic carbocycles.